The average molecular weight is 314 g/mol. The molecule has 2 bridgehead atoms. The second-order valence-electron chi connectivity index (χ2n) is 7.45. The Morgan fingerprint density at radius 2 is 1.91 bits per heavy atom. The van der Waals surface area contributed by atoms with Crippen LogP contribution in [-0.2, 0) is 6.42 Å². The van der Waals surface area contributed by atoms with Gasteiger partial charge in [0.15, 0.2) is 0 Å². The van der Waals surface area contributed by atoms with Crippen molar-refractivity contribution in [1.82, 2.24) is 19.8 Å². The molecule has 4 heterocycles. The maximum atomic E-state index is 12.8. The molecule has 0 unspecified atom stereocenters. The van der Waals surface area contributed by atoms with E-state index in [4.69, 9.17) is 0 Å². The van der Waals surface area contributed by atoms with E-state index < -0.39 is 0 Å². The number of aryl methyl sites for hydroxylation is 1. The van der Waals surface area contributed by atoms with Gasteiger partial charge in [-0.2, -0.15) is 0 Å². The van der Waals surface area contributed by atoms with Gasteiger partial charge in [0.2, 0.25) is 0 Å². The summed E-state index contributed by atoms with van der Waals surface area (Å²) in [5.74, 6) is 2.46. The van der Waals surface area contributed by atoms with E-state index in [-0.39, 0.29) is 5.91 Å². The van der Waals surface area contributed by atoms with Gasteiger partial charge in [0, 0.05) is 51.0 Å². The zero-order valence-electron chi connectivity index (χ0n) is 13.9. The number of rotatable bonds is 4. The van der Waals surface area contributed by atoms with E-state index in [0.29, 0.717) is 17.5 Å². The third kappa shape index (κ3) is 3.25. The molecular formula is C18H26N4O. The second-order valence-corrected chi connectivity index (χ2v) is 7.45. The average Bonchev–Trinajstić information content (AvgIpc) is 3.42. The van der Waals surface area contributed by atoms with Crippen LogP contribution >= 0.6 is 0 Å². The molecule has 5 rings (SSSR count). The van der Waals surface area contributed by atoms with Gasteiger partial charge in [0.1, 0.15) is 5.82 Å². The Labute approximate surface area is 138 Å². The van der Waals surface area contributed by atoms with Gasteiger partial charge in [0.05, 0.1) is 5.56 Å². The molecule has 0 radical (unpaired) electrons. The van der Waals surface area contributed by atoms with Crippen molar-refractivity contribution in [2.75, 3.05) is 26.2 Å². The fourth-order valence-electron chi connectivity index (χ4n) is 4.03. The monoisotopic (exact) mass is 314 g/mol. The van der Waals surface area contributed by atoms with Crippen molar-refractivity contribution in [3.05, 3.63) is 23.8 Å². The van der Waals surface area contributed by atoms with Crippen molar-refractivity contribution in [2.24, 2.45) is 11.8 Å². The SMILES string of the molecule is CCc1ncc(C(=O)N2C[C@H]3CC[C@@H](C2)N(CC2CC2)C3)cn1. The summed E-state index contributed by atoms with van der Waals surface area (Å²) in [7, 11) is 0. The van der Waals surface area contributed by atoms with Crippen LogP contribution in [0.15, 0.2) is 12.4 Å². The summed E-state index contributed by atoms with van der Waals surface area (Å²) in [5, 5.41) is 0. The molecule has 4 aliphatic rings. The van der Waals surface area contributed by atoms with Crippen LogP contribution < -0.4 is 0 Å². The number of aromatic nitrogens is 2. The zero-order valence-corrected chi connectivity index (χ0v) is 13.9. The lowest BCUT2D eigenvalue weighted by Gasteiger charge is -2.36. The van der Waals surface area contributed by atoms with Gasteiger partial charge >= 0.3 is 0 Å². The third-order valence-electron chi connectivity index (χ3n) is 5.57. The minimum absolute atomic E-state index is 0.109. The number of carbonyl (C=O) groups excluding carboxylic acids is 1. The molecule has 1 aromatic heterocycles. The van der Waals surface area contributed by atoms with E-state index >= 15 is 0 Å². The predicted octanol–water partition coefficient (Wildman–Crippen LogP) is 1.99. The normalized spacial score (nSPS) is 28.0. The van der Waals surface area contributed by atoms with Crippen molar-refractivity contribution in [3.8, 4) is 0 Å². The second kappa shape index (κ2) is 6.19. The number of piperidine rings is 1. The Morgan fingerprint density at radius 3 is 2.61 bits per heavy atom. The molecule has 5 nitrogen and oxygen atoms in total. The van der Waals surface area contributed by atoms with Gasteiger partial charge in [-0.15, -0.1) is 0 Å². The molecule has 0 aromatic carbocycles. The summed E-state index contributed by atoms with van der Waals surface area (Å²) in [4.78, 5) is 26.1. The first-order valence-corrected chi connectivity index (χ1v) is 9.07. The molecule has 0 N–H and O–H groups in total. The number of nitrogens with zero attached hydrogens (tertiary/aromatic N) is 4. The van der Waals surface area contributed by atoms with E-state index in [2.05, 4.69) is 19.8 Å². The molecule has 1 amide bonds. The van der Waals surface area contributed by atoms with Crippen LogP contribution in [0.5, 0.6) is 0 Å². The number of fused-ring (bicyclic) bond motifs is 4. The molecule has 0 spiro atoms. The van der Waals surface area contributed by atoms with E-state index in [1.165, 1.54) is 38.8 Å². The summed E-state index contributed by atoms with van der Waals surface area (Å²) in [6.45, 7) is 6.22. The first-order chi connectivity index (χ1) is 11.2. The summed E-state index contributed by atoms with van der Waals surface area (Å²) >= 11 is 0. The fraction of sp³-hybridized carbons (Fsp3) is 0.722. The Kier molecular flexibility index (Phi) is 4.05. The third-order valence-corrected chi connectivity index (χ3v) is 5.57. The molecule has 124 valence electrons. The van der Waals surface area contributed by atoms with Gasteiger partial charge in [-0.3, -0.25) is 9.69 Å². The molecule has 1 saturated carbocycles. The Balaban J connectivity index is 1.47. The highest BCUT2D eigenvalue weighted by molar-refractivity contribution is 5.93. The maximum Gasteiger partial charge on any atom is 0.257 e. The van der Waals surface area contributed by atoms with E-state index in [9.17, 15) is 4.79 Å². The van der Waals surface area contributed by atoms with Gasteiger partial charge in [-0.1, -0.05) is 6.92 Å². The van der Waals surface area contributed by atoms with Crippen molar-refractivity contribution in [1.29, 1.82) is 0 Å². The molecule has 2 atom stereocenters. The zero-order chi connectivity index (χ0) is 15.8. The Bertz CT molecular complexity index is 569. The molecule has 4 fully saturated rings. The maximum absolute atomic E-state index is 12.8. The molecule has 3 saturated heterocycles. The van der Waals surface area contributed by atoms with Gasteiger partial charge in [-0.05, 0) is 37.5 Å². The lowest BCUT2D eigenvalue weighted by Crippen LogP contribution is -2.45. The van der Waals surface area contributed by atoms with Gasteiger partial charge in [-0.25, -0.2) is 9.97 Å². The van der Waals surface area contributed by atoms with E-state index in [1.54, 1.807) is 12.4 Å². The minimum Gasteiger partial charge on any atom is -0.337 e. The standard InChI is InChI=1S/C18H26N4O/c1-2-17-19-7-15(8-20-17)18(23)22-11-14-5-6-16(12-22)21(10-14)9-13-3-4-13/h7-8,13-14,16H,2-6,9-12H2,1H3/t14-,16-/m0/s1. The van der Waals surface area contributed by atoms with Crippen molar-refractivity contribution in [3.63, 3.8) is 0 Å². The highest BCUT2D eigenvalue weighted by Crippen LogP contribution is 2.35. The largest absolute Gasteiger partial charge is 0.337 e. The van der Waals surface area contributed by atoms with Crippen LogP contribution in [0, 0.1) is 11.8 Å². The summed E-state index contributed by atoms with van der Waals surface area (Å²) in [6, 6.07) is 0.550. The van der Waals surface area contributed by atoms with Crippen LogP contribution in [0.25, 0.3) is 0 Å². The smallest absolute Gasteiger partial charge is 0.257 e. The number of hydrogen-bond donors (Lipinski definition) is 0. The molecule has 3 aliphatic heterocycles. The molecule has 5 heteroatoms. The first kappa shape index (κ1) is 15.1. The summed E-state index contributed by atoms with van der Waals surface area (Å²) in [6.07, 6.45) is 9.51. The summed E-state index contributed by atoms with van der Waals surface area (Å²) in [5.41, 5.74) is 0.636. The van der Waals surface area contributed by atoms with Gasteiger partial charge < -0.3 is 4.90 Å². The molecule has 1 aromatic rings. The highest BCUT2D eigenvalue weighted by Gasteiger charge is 2.38. The first-order valence-electron chi connectivity index (χ1n) is 9.07. The lowest BCUT2D eigenvalue weighted by molar-refractivity contribution is 0.0736. The van der Waals surface area contributed by atoms with Crippen LogP contribution in [-0.4, -0.2) is 57.9 Å². The van der Waals surface area contributed by atoms with Crippen LogP contribution in [0.3, 0.4) is 0 Å². The fourth-order valence-corrected chi connectivity index (χ4v) is 4.03. The van der Waals surface area contributed by atoms with Gasteiger partial charge in [0.25, 0.3) is 5.91 Å². The van der Waals surface area contributed by atoms with E-state index in [0.717, 1.165) is 31.3 Å². The number of hydrogen-bond acceptors (Lipinski definition) is 4. The van der Waals surface area contributed by atoms with Crippen molar-refractivity contribution in [2.45, 2.75) is 45.1 Å². The highest BCUT2D eigenvalue weighted by atomic mass is 16.2. The van der Waals surface area contributed by atoms with Crippen molar-refractivity contribution >= 4 is 5.91 Å². The number of carbonyl (C=O) groups is 1. The number of amides is 1. The Morgan fingerprint density at radius 1 is 1.13 bits per heavy atom. The lowest BCUT2D eigenvalue weighted by atomic mass is 9.95. The van der Waals surface area contributed by atoms with E-state index in [1.807, 2.05) is 6.92 Å². The quantitative estimate of drug-likeness (QED) is 0.853. The minimum atomic E-state index is 0.109. The predicted molar refractivity (Wildman–Crippen MR) is 88.1 cm³/mol. The van der Waals surface area contributed by atoms with Crippen molar-refractivity contribution < 1.29 is 4.79 Å². The summed E-state index contributed by atoms with van der Waals surface area (Å²) < 4.78 is 0. The van der Waals surface area contributed by atoms with Crippen LogP contribution in [0.2, 0.25) is 0 Å². The topological polar surface area (TPSA) is 49.3 Å². The van der Waals surface area contributed by atoms with Crippen LogP contribution in [0.1, 0.15) is 48.8 Å². The molecule has 1 aliphatic carbocycles. The molecule has 23 heavy (non-hydrogen) atoms. The van der Waals surface area contributed by atoms with Crippen LogP contribution in [0.4, 0.5) is 0 Å². The Hall–Kier alpha value is -1.49. The molecular weight excluding hydrogens is 288 g/mol.